The third-order valence-electron chi connectivity index (χ3n) is 3.60. The van der Waals surface area contributed by atoms with Crippen molar-refractivity contribution in [2.75, 3.05) is 26.7 Å². The Bertz CT molecular complexity index is 390. The highest BCUT2D eigenvalue weighted by molar-refractivity contribution is 4.99. The van der Waals surface area contributed by atoms with Crippen LogP contribution in [0.2, 0.25) is 0 Å². The SMILES string of the molecule is CC(C)N(C)Cc1nnc2n1CCN(CCO)C2. The highest BCUT2D eigenvalue weighted by atomic mass is 16.3. The van der Waals surface area contributed by atoms with Crippen LogP contribution >= 0.6 is 0 Å². The molecule has 0 saturated heterocycles. The molecule has 18 heavy (non-hydrogen) atoms. The summed E-state index contributed by atoms with van der Waals surface area (Å²) in [7, 11) is 2.10. The van der Waals surface area contributed by atoms with Gasteiger partial charge in [0.25, 0.3) is 0 Å². The van der Waals surface area contributed by atoms with Crippen LogP contribution in [0.3, 0.4) is 0 Å². The normalized spacial score (nSPS) is 16.6. The lowest BCUT2D eigenvalue weighted by Crippen LogP contribution is -2.37. The molecule has 0 amide bonds. The van der Waals surface area contributed by atoms with Crippen LogP contribution in [0.15, 0.2) is 0 Å². The fourth-order valence-electron chi connectivity index (χ4n) is 2.12. The van der Waals surface area contributed by atoms with E-state index in [2.05, 4.69) is 45.5 Å². The molecule has 2 rings (SSSR count). The number of aliphatic hydroxyl groups excluding tert-OH is 1. The molecule has 0 saturated carbocycles. The molecule has 0 aliphatic carbocycles. The van der Waals surface area contributed by atoms with E-state index in [0.717, 1.165) is 37.8 Å². The average molecular weight is 253 g/mol. The van der Waals surface area contributed by atoms with E-state index >= 15 is 0 Å². The van der Waals surface area contributed by atoms with Gasteiger partial charge in [0.15, 0.2) is 0 Å². The molecule has 6 nitrogen and oxygen atoms in total. The van der Waals surface area contributed by atoms with Gasteiger partial charge in [-0.25, -0.2) is 0 Å². The lowest BCUT2D eigenvalue weighted by Gasteiger charge is -2.28. The van der Waals surface area contributed by atoms with Gasteiger partial charge < -0.3 is 9.67 Å². The van der Waals surface area contributed by atoms with Crippen molar-refractivity contribution in [2.45, 2.75) is 39.5 Å². The van der Waals surface area contributed by atoms with Crippen molar-refractivity contribution in [3.05, 3.63) is 11.6 Å². The number of nitrogens with zero attached hydrogens (tertiary/aromatic N) is 5. The molecular weight excluding hydrogens is 230 g/mol. The Morgan fingerprint density at radius 1 is 1.33 bits per heavy atom. The highest BCUT2D eigenvalue weighted by Crippen LogP contribution is 2.13. The first kappa shape index (κ1) is 13.5. The Labute approximate surface area is 108 Å². The second kappa shape index (κ2) is 5.77. The summed E-state index contributed by atoms with van der Waals surface area (Å²) in [5.41, 5.74) is 0. The zero-order valence-electron chi connectivity index (χ0n) is 11.5. The van der Waals surface area contributed by atoms with Gasteiger partial charge in [-0.1, -0.05) is 0 Å². The summed E-state index contributed by atoms with van der Waals surface area (Å²) in [6, 6.07) is 0.507. The fourth-order valence-corrected chi connectivity index (χ4v) is 2.12. The quantitative estimate of drug-likeness (QED) is 0.796. The lowest BCUT2D eigenvalue weighted by molar-refractivity contribution is 0.162. The maximum absolute atomic E-state index is 8.96. The number of hydrogen-bond donors (Lipinski definition) is 1. The summed E-state index contributed by atoms with van der Waals surface area (Å²) in [6.07, 6.45) is 0. The van der Waals surface area contributed by atoms with E-state index < -0.39 is 0 Å². The molecule has 0 aromatic carbocycles. The van der Waals surface area contributed by atoms with Crippen molar-refractivity contribution in [1.82, 2.24) is 24.6 Å². The van der Waals surface area contributed by atoms with Gasteiger partial charge in [0, 0.05) is 25.7 Å². The van der Waals surface area contributed by atoms with Crippen LogP contribution in [0.4, 0.5) is 0 Å². The molecule has 1 N–H and O–H groups in total. The first-order chi connectivity index (χ1) is 8.61. The van der Waals surface area contributed by atoms with E-state index in [9.17, 15) is 0 Å². The molecule has 1 aliphatic rings. The third kappa shape index (κ3) is 2.88. The molecule has 0 radical (unpaired) electrons. The predicted octanol–water partition coefficient (Wildman–Crippen LogP) is -0.0738. The molecular formula is C12H23N5O. The second-order valence-corrected chi connectivity index (χ2v) is 5.19. The molecule has 6 heteroatoms. The van der Waals surface area contributed by atoms with Gasteiger partial charge in [0.2, 0.25) is 0 Å². The van der Waals surface area contributed by atoms with Crippen LogP contribution in [-0.2, 0) is 19.6 Å². The summed E-state index contributed by atoms with van der Waals surface area (Å²) >= 11 is 0. The second-order valence-electron chi connectivity index (χ2n) is 5.19. The van der Waals surface area contributed by atoms with Gasteiger partial charge in [-0.2, -0.15) is 0 Å². The summed E-state index contributed by atoms with van der Waals surface area (Å²) in [5.74, 6) is 2.06. The predicted molar refractivity (Wildman–Crippen MR) is 69.0 cm³/mol. The first-order valence-electron chi connectivity index (χ1n) is 6.56. The highest BCUT2D eigenvalue weighted by Gasteiger charge is 2.21. The Hall–Kier alpha value is -0.980. The van der Waals surface area contributed by atoms with Crippen LogP contribution in [0.1, 0.15) is 25.5 Å². The Balaban J connectivity index is 2.04. The molecule has 0 atom stereocenters. The summed E-state index contributed by atoms with van der Waals surface area (Å²) in [5, 5.41) is 17.5. The Kier molecular flexibility index (Phi) is 4.31. The molecule has 2 heterocycles. The number of fused-ring (bicyclic) bond motifs is 1. The standard InChI is InChI=1S/C12H23N5O/c1-10(2)15(3)8-11-13-14-12-9-16(6-7-18)4-5-17(11)12/h10,18H,4-9H2,1-3H3. The van der Waals surface area contributed by atoms with E-state index in [1.807, 2.05) is 0 Å². The van der Waals surface area contributed by atoms with E-state index in [4.69, 9.17) is 5.11 Å². The van der Waals surface area contributed by atoms with Crippen molar-refractivity contribution in [1.29, 1.82) is 0 Å². The molecule has 1 aliphatic heterocycles. The van der Waals surface area contributed by atoms with Crippen molar-refractivity contribution < 1.29 is 5.11 Å². The number of rotatable bonds is 5. The molecule has 1 aromatic rings. The molecule has 0 fully saturated rings. The third-order valence-corrected chi connectivity index (χ3v) is 3.60. The largest absolute Gasteiger partial charge is 0.395 e. The smallest absolute Gasteiger partial charge is 0.147 e. The Morgan fingerprint density at radius 3 is 2.78 bits per heavy atom. The summed E-state index contributed by atoms with van der Waals surface area (Å²) < 4.78 is 2.22. The number of aliphatic hydroxyl groups is 1. The minimum Gasteiger partial charge on any atom is -0.395 e. The van der Waals surface area contributed by atoms with Crippen LogP contribution in [0.25, 0.3) is 0 Å². The number of aromatic nitrogens is 3. The minimum atomic E-state index is 0.205. The molecule has 0 spiro atoms. The minimum absolute atomic E-state index is 0.205. The summed E-state index contributed by atoms with van der Waals surface area (Å²) in [4.78, 5) is 4.47. The van der Waals surface area contributed by atoms with Gasteiger partial charge in [-0.05, 0) is 20.9 Å². The Morgan fingerprint density at radius 2 is 2.11 bits per heavy atom. The fraction of sp³-hybridized carbons (Fsp3) is 0.833. The van der Waals surface area contributed by atoms with Crippen molar-refractivity contribution in [3.8, 4) is 0 Å². The number of β-amino-alcohol motifs (C(OH)–C–C–N with tert-alkyl or cyclic N) is 1. The zero-order chi connectivity index (χ0) is 13.1. The topological polar surface area (TPSA) is 57.4 Å². The van der Waals surface area contributed by atoms with Crippen molar-refractivity contribution >= 4 is 0 Å². The zero-order valence-corrected chi connectivity index (χ0v) is 11.5. The van der Waals surface area contributed by atoms with Gasteiger partial charge in [-0.3, -0.25) is 9.80 Å². The van der Waals surface area contributed by atoms with Crippen molar-refractivity contribution in [3.63, 3.8) is 0 Å². The maximum atomic E-state index is 8.96. The van der Waals surface area contributed by atoms with Crippen LogP contribution in [-0.4, -0.2) is 62.5 Å². The van der Waals surface area contributed by atoms with Crippen molar-refractivity contribution in [2.24, 2.45) is 0 Å². The van der Waals surface area contributed by atoms with E-state index in [1.165, 1.54) is 0 Å². The molecule has 102 valence electrons. The van der Waals surface area contributed by atoms with E-state index in [-0.39, 0.29) is 6.61 Å². The molecule has 0 unspecified atom stereocenters. The lowest BCUT2D eigenvalue weighted by atomic mass is 10.3. The molecule has 1 aromatic heterocycles. The summed E-state index contributed by atoms with van der Waals surface area (Å²) in [6.45, 7) is 8.79. The monoisotopic (exact) mass is 253 g/mol. The van der Waals surface area contributed by atoms with Gasteiger partial charge in [0.05, 0.1) is 19.7 Å². The first-order valence-corrected chi connectivity index (χ1v) is 6.56. The van der Waals surface area contributed by atoms with Gasteiger partial charge in [-0.15, -0.1) is 10.2 Å². The average Bonchev–Trinajstić information content (AvgIpc) is 2.72. The maximum Gasteiger partial charge on any atom is 0.147 e. The van der Waals surface area contributed by atoms with E-state index in [0.29, 0.717) is 12.6 Å². The van der Waals surface area contributed by atoms with Gasteiger partial charge in [0.1, 0.15) is 11.6 Å². The number of hydrogen-bond acceptors (Lipinski definition) is 5. The van der Waals surface area contributed by atoms with Gasteiger partial charge >= 0.3 is 0 Å². The van der Waals surface area contributed by atoms with Crippen LogP contribution in [0.5, 0.6) is 0 Å². The van der Waals surface area contributed by atoms with Crippen LogP contribution < -0.4 is 0 Å². The van der Waals surface area contributed by atoms with Crippen LogP contribution in [0, 0.1) is 0 Å². The molecule has 0 bridgehead atoms. The van der Waals surface area contributed by atoms with E-state index in [1.54, 1.807) is 0 Å².